The average Bonchev–Trinajstić information content (AvgIpc) is 2.11. The zero-order valence-electron chi connectivity index (χ0n) is 8.79. The number of fused-ring (bicyclic) bond motifs is 1. The van der Waals surface area contributed by atoms with Gasteiger partial charge >= 0.3 is 0 Å². The van der Waals surface area contributed by atoms with Crippen LogP contribution in [0.1, 0.15) is 33.1 Å². The summed E-state index contributed by atoms with van der Waals surface area (Å²) in [7, 11) is 0. The minimum absolute atomic E-state index is 0.999. The van der Waals surface area contributed by atoms with Gasteiger partial charge in [0.1, 0.15) is 0 Å². The van der Waals surface area contributed by atoms with Crippen LogP contribution >= 0.6 is 0 Å². The van der Waals surface area contributed by atoms with E-state index < -0.39 is 0 Å². The molecule has 0 heteroatoms. The van der Waals surface area contributed by atoms with Gasteiger partial charge in [-0.1, -0.05) is 20.4 Å². The van der Waals surface area contributed by atoms with E-state index in [9.17, 15) is 0 Å². The van der Waals surface area contributed by atoms with Gasteiger partial charge in [-0.05, 0) is 54.9 Å². The molecule has 0 aromatic heterocycles. The van der Waals surface area contributed by atoms with Crippen LogP contribution in [-0.2, 0) is 0 Å². The first kappa shape index (κ1) is 9.09. The minimum atomic E-state index is 0.999. The van der Waals surface area contributed by atoms with Crippen molar-refractivity contribution in [1.82, 2.24) is 0 Å². The highest BCUT2D eigenvalue weighted by Gasteiger charge is 2.55. The third kappa shape index (κ3) is 1.28. The van der Waals surface area contributed by atoms with Crippen LogP contribution in [0.3, 0.4) is 0 Å². The van der Waals surface area contributed by atoms with Crippen LogP contribution in [0.4, 0.5) is 0 Å². The smallest absolute Gasteiger partial charge is 0.0272 e. The molecule has 0 bridgehead atoms. The van der Waals surface area contributed by atoms with E-state index in [4.69, 9.17) is 0 Å². The Morgan fingerprint density at radius 1 is 1.46 bits per heavy atom. The van der Waals surface area contributed by atoms with Crippen molar-refractivity contribution in [2.75, 3.05) is 0 Å². The molecule has 0 N–H and O–H groups in total. The summed E-state index contributed by atoms with van der Waals surface area (Å²) >= 11 is 0. The molecule has 2 saturated carbocycles. The van der Waals surface area contributed by atoms with Crippen LogP contribution in [-0.4, -0.2) is 0 Å². The van der Waals surface area contributed by atoms with Crippen molar-refractivity contribution >= 4 is 0 Å². The monoisotopic (exact) mass is 176 g/mol. The lowest BCUT2D eigenvalue weighted by atomic mass is 9.43. The third-order valence-electron chi connectivity index (χ3n) is 4.43. The first-order valence-corrected chi connectivity index (χ1v) is 5.60. The Morgan fingerprint density at radius 3 is 2.85 bits per heavy atom. The summed E-state index contributed by atoms with van der Waals surface area (Å²) in [5.41, 5.74) is 2.87. The Kier molecular flexibility index (Phi) is 2.34. The molecular weight excluding hydrogens is 156 g/mol. The molecule has 2 aliphatic carbocycles. The van der Waals surface area contributed by atoms with Crippen LogP contribution in [0.25, 0.3) is 0 Å². The van der Waals surface area contributed by atoms with E-state index in [1.807, 2.05) is 0 Å². The minimum Gasteiger partial charge on any atom is -0.133 e. The first-order valence-electron chi connectivity index (χ1n) is 5.60. The van der Waals surface area contributed by atoms with Crippen molar-refractivity contribution in [2.45, 2.75) is 33.1 Å². The van der Waals surface area contributed by atoms with Gasteiger partial charge in [-0.25, -0.2) is 0 Å². The number of hydrogen-bond donors (Lipinski definition) is 0. The largest absolute Gasteiger partial charge is 0.133 e. The summed E-state index contributed by atoms with van der Waals surface area (Å²) in [6.45, 7) is 8.46. The SMILES string of the molecule is C=C=CCCC1C(C)C2CC(C)C12. The normalized spacial score (nSPS) is 46.8. The fraction of sp³-hybridized carbons (Fsp3) is 0.769. The van der Waals surface area contributed by atoms with E-state index >= 15 is 0 Å². The molecule has 2 aliphatic rings. The predicted octanol–water partition coefficient (Wildman–Crippen LogP) is 3.65. The molecule has 0 aliphatic heterocycles. The highest BCUT2D eigenvalue weighted by atomic mass is 14.6. The number of hydrogen-bond acceptors (Lipinski definition) is 0. The van der Waals surface area contributed by atoms with Gasteiger partial charge in [0.15, 0.2) is 0 Å². The number of rotatable bonds is 3. The maximum absolute atomic E-state index is 3.60. The Hall–Kier alpha value is -0.480. The quantitative estimate of drug-likeness (QED) is 0.576. The van der Waals surface area contributed by atoms with Gasteiger partial charge in [-0.15, -0.1) is 5.73 Å². The van der Waals surface area contributed by atoms with Crippen molar-refractivity contribution < 1.29 is 0 Å². The summed E-state index contributed by atoms with van der Waals surface area (Å²) in [5, 5.41) is 0. The van der Waals surface area contributed by atoms with E-state index in [-0.39, 0.29) is 0 Å². The fourth-order valence-corrected chi connectivity index (χ4v) is 3.63. The second-order valence-corrected chi connectivity index (χ2v) is 4.96. The van der Waals surface area contributed by atoms with E-state index in [0.717, 1.165) is 29.6 Å². The maximum Gasteiger partial charge on any atom is -0.0272 e. The van der Waals surface area contributed by atoms with Crippen molar-refractivity contribution in [2.24, 2.45) is 29.6 Å². The molecule has 5 atom stereocenters. The highest BCUT2D eigenvalue weighted by molar-refractivity contribution is 5.04. The van der Waals surface area contributed by atoms with Gasteiger partial charge in [0, 0.05) is 0 Å². The zero-order chi connectivity index (χ0) is 9.42. The van der Waals surface area contributed by atoms with Crippen LogP contribution < -0.4 is 0 Å². The summed E-state index contributed by atoms with van der Waals surface area (Å²) in [5.74, 6) is 5.19. The number of allylic oxidation sites excluding steroid dienone is 1. The van der Waals surface area contributed by atoms with E-state index in [0.29, 0.717) is 0 Å². The molecule has 0 aromatic rings. The average molecular weight is 176 g/mol. The fourth-order valence-electron chi connectivity index (χ4n) is 3.63. The topological polar surface area (TPSA) is 0 Å². The molecule has 0 heterocycles. The summed E-state index contributed by atoms with van der Waals surface area (Å²) < 4.78 is 0. The summed E-state index contributed by atoms with van der Waals surface area (Å²) in [6.07, 6.45) is 6.15. The Morgan fingerprint density at radius 2 is 2.23 bits per heavy atom. The Labute approximate surface area is 81.7 Å². The maximum atomic E-state index is 3.60. The molecular formula is C13H20. The molecule has 0 amide bonds. The zero-order valence-corrected chi connectivity index (χ0v) is 8.79. The van der Waals surface area contributed by atoms with Crippen LogP contribution in [0.5, 0.6) is 0 Å². The molecule has 2 fully saturated rings. The van der Waals surface area contributed by atoms with Crippen molar-refractivity contribution in [3.63, 3.8) is 0 Å². The molecule has 0 saturated heterocycles. The van der Waals surface area contributed by atoms with Gasteiger partial charge in [0.2, 0.25) is 0 Å². The van der Waals surface area contributed by atoms with Crippen LogP contribution in [0, 0.1) is 29.6 Å². The lowest BCUT2D eigenvalue weighted by Gasteiger charge is -2.62. The molecule has 5 unspecified atom stereocenters. The Balaban J connectivity index is 1.83. The lowest BCUT2D eigenvalue weighted by molar-refractivity contribution is -0.140. The van der Waals surface area contributed by atoms with Crippen molar-refractivity contribution in [3.8, 4) is 0 Å². The molecule has 0 radical (unpaired) electrons. The molecule has 0 spiro atoms. The lowest BCUT2D eigenvalue weighted by Crippen LogP contribution is -2.56. The van der Waals surface area contributed by atoms with Crippen molar-refractivity contribution in [3.05, 3.63) is 18.4 Å². The Bertz CT molecular complexity index is 234. The van der Waals surface area contributed by atoms with Crippen molar-refractivity contribution in [1.29, 1.82) is 0 Å². The van der Waals surface area contributed by atoms with Gasteiger partial charge in [0.05, 0.1) is 0 Å². The molecule has 13 heavy (non-hydrogen) atoms. The van der Waals surface area contributed by atoms with Gasteiger partial charge in [0.25, 0.3) is 0 Å². The predicted molar refractivity (Wildman–Crippen MR) is 56.4 cm³/mol. The second-order valence-electron chi connectivity index (χ2n) is 4.96. The molecule has 72 valence electrons. The van der Waals surface area contributed by atoms with E-state index in [1.54, 1.807) is 0 Å². The van der Waals surface area contributed by atoms with E-state index in [2.05, 4.69) is 32.2 Å². The molecule has 0 nitrogen and oxygen atoms in total. The third-order valence-corrected chi connectivity index (χ3v) is 4.43. The first-order chi connectivity index (χ1) is 6.25. The van der Waals surface area contributed by atoms with Gasteiger partial charge in [-0.2, -0.15) is 0 Å². The molecule has 2 rings (SSSR count). The van der Waals surface area contributed by atoms with Crippen LogP contribution in [0.2, 0.25) is 0 Å². The summed E-state index contributed by atoms with van der Waals surface area (Å²) in [6, 6.07) is 0. The summed E-state index contributed by atoms with van der Waals surface area (Å²) in [4.78, 5) is 0. The van der Waals surface area contributed by atoms with Gasteiger partial charge in [-0.3, -0.25) is 0 Å². The second kappa shape index (κ2) is 3.35. The van der Waals surface area contributed by atoms with Crippen LogP contribution in [0.15, 0.2) is 18.4 Å². The van der Waals surface area contributed by atoms with E-state index in [1.165, 1.54) is 19.3 Å². The highest BCUT2D eigenvalue weighted by Crippen LogP contribution is 2.62. The molecule has 0 aromatic carbocycles. The van der Waals surface area contributed by atoms with Gasteiger partial charge < -0.3 is 0 Å². The standard InChI is InChI=1S/C13H20/c1-4-5-6-7-11-10(3)12-8-9(2)13(11)12/h5,9-13H,1,6-8H2,2-3H3.